The van der Waals surface area contributed by atoms with E-state index in [1.165, 1.54) is 12.1 Å². The maximum absolute atomic E-state index is 13.4. The van der Waals surface area contributed by atoms with E-state index in [2.05, 4.69) is 25.9 Å². The fourth-order valence-electron chi connectivity index (χ4n) is 1.90. The Morgan fingerprint density at radius 3 is 2.74 bits per heavy atom. The van der Waals surface area contributed by atoms with E-state index in [1.807, 2.05) is 0 Å². The second-order valence-electron chi connectivity index (χ2n) is 4.65. The molecule has 0 bridgehead atoms. The minimum absolute atomic E-state index is 0.116. The highest BCUT2D eigenvalue weighted by molar-refractivity contribution is 5.89. The van der Waals surface area contributed by atoms with E-state index < -0.39 is 11.8 Å². The molecule has 8 heteroatoms. The number of benzene rings is 1. The molecule has 0 spiro atoms. The second kappa shape index (κ2) is 6.65. The van der Waals surface area contributed by atoms with Crippen molar-refractivity contribution in [3.63, 3.8) is 0 Å². The van der Waals surface area contributed by atoms with Crippen molar-refractivity contribution >= 4 is 11.7 Å². The van der Waals surface area contributed by atoms with Crippen LogP contribution in [-0.2, 0) is 6.54 Å². The van der Waals surface area contributed by atoms with Crippen LogP contribution in [0.2, 0.25) is 0 Å². The maximum Gasteiger partial charge on any atom is 0.319 e. The smallest absolute Gasteiger partial charge is 0.319 e. The van der Waals surface area contributed by atoms with Crippen molar-refractivity contribution in [2.45, 2.75) is 6.54 Å². The molecule has 3 aromatic rings. The lowest BCUT2D eigenvalue weighted by molar-refractivity contribution is 0.251. The quantitative estimate of drug-likeness (QED) is 0.773. The highest BCUT2D eigenvalue weighted by atomic mass is 19.1. The summed E-state index contributed by atoms with van der Waals surface area (Å²) in [5.74, 6) is -0.494. The van der Waals surface area contributed by atoms with Gasteiger partial charge in [-0.2, -0.15) is 0 Å². The minimum atomic E-state index is -0.520. The summed E-state index contributed by atoms with van der Waals surface area (Å²) in [5.41, 5.74) is 1.51. The summed E-state index contributed by atoms with van der Waals surface area (Å²) in [6, 6.07) is 9.00. The third kappa shape index (κ3) is 3.67. The predicted octanol–water partition coefficient (Wildman–Crippen LogP) is 2.12. The third-order valence-electron chi connectivity index (χ3n) is 3.02. The van der Waals surface area contributed by atoms with Crippen molar-refractivity contribution in [3.05, 3.63) is 66.5 Å². The van der Waals surface area contributed by atoms with Gasteiger partial charge in [0.05, 0.1) is 24.1 Å². The van der Waals surface area contributed by atoms with E-state index >= 15 is 0 Å². The van der Waals surface area contributed by atoms with Crippen LogP contribution in [-0.4, -0.2) is 26.0 Å². The number of amides is 2. The zero-order valence-corrected chi connectivity index (χ0v) is 12.0. The van der Waals surface area contributed by atoms with Gasteiger partial charge in [0.25, 0.3) is 0 Å². The Hall–Kier alpha value is -3.29. The molecule has 7 nitrogen and oxygen atoms in total. The maximum atomic E-state index is 13.4. The van der Waals surface area contributed by atoms with Crippen LogP contribution in [0.25, 0.3) is 5.69 Å². The Labute approximate surface area is 131 Å². The van der Waals surface area contributed by atoms with Gasteiger partial charge in [0.15, 0.2) is 0 Å². The first-order valence-corrected chi connectivity index (χ1v) is 6.83. The van der Waals surface area contributed by atoms with Gasteiger partial charge in [0, 0.05) is 12.4 Å². The molecule has 2 aromatic heterocycles. The Morgan fingerprint density at radius 2 is 1.96 bits per heavy atom. The lowest BCUT2D eigenvalue weighted by Crippen LogP contribution is -2.28. The van der Waals surface area contributed by atoms with Crippen molar-refractivity contribution in [2.75, 3.05) is 5.32 Å². The lowest BCUT2D eigenvalue weighted by atomic mass is 10.3. The number of aromatic nitrogens is 4. The number of anilines is 1. The van der Waals surface area contributed by atoms with Crippen LogP contribution in [0.3, 0.4) is 0 Å². The van der Waals surface area contributed by atoms with E-state index in [1.54, 1.807) is 47.5 Å². The first-order valence-electron chi connectivity index (χ1n) is 6.83. The molecule has 116 valence electrons. The van der Waals surface area contributed by atoms with Crippen molar-refractivity contribution < 1.29 is 9.18 Å². The number of nitrogens with one attached hydrogen (secondary N) is 2. The Morgan fingerprint density at radius 1 is 1.17 bits per heavy atom. The largest absolute Gasteiger partial charge is 0.332 e. The number of urea groups is 1. The van der Waals surface area contributed by atoms with E-state index in [0.717, 1.165) is 5.69 Å². The van der Waals surface area contributed by atoms with Gasteiger partial charge < -0.3 is 10.6 Å². The average Bonchev–Trinajstić information content (AvgIpc) is 3.05. The number of carbonyl (C=O) groups excluding carboxylic acids is 1. The molecular weight excluding hydrogens is 299 g/mol. The van der Waals surface area contributed by atoms with Gasteiger partial charge in [0.2, 0.25) is 0 Å². The highest BCUT2D eigenvalue weighted by Gasteiger charge is 2.07. The van der Waals surface area contributed by atoms with E-state index in [0.29, 0.717) is 5.69 Å². The van der Waals surface area contributed by atoms with Gasteiger partial charge >= 0.3 is 6.03 Å². The molecule has 0 saturated heterocycles. The zero-order chi connectivity index (χ0) is 16.1. The summed E-state index contributed by atoms with van der Waals surface area (Å²) in [6.45, 7) is 0.172. The number of nitrogens with zero attached hydrogens (tertiary/aromatic N) is 4. The molecule has 1 aromatic carbocycles. The molecule has 0 saturated carbocycles. The number of para-hydroxylation sites is 1. The van der Waals surface area contributed by atoms with Crippen LogP contribution in [0.5, 0.6) is 0 Å². The van der Waals surface area contributed by atoms with Crippen LogP contribution in [0, 0.1) is 5.82 Å². The van der Waals surface area contributed by atoms with Gasteiger partial charge in [-0.05, 0) is 24.3 Å². The molecule has 0 unspecified atom stereocenters. The van der Waals surface area contributed by atoms with E-state index in [4.69, 9.17) is 0 Å². The van der Waals surface area contributed by atoms with Crippen LogP contribution in [0.1, 0.15) is 5.69 Å². The van der Waals surface area contributed by atoms with Crippen molar-refractivity contribution in [1.29, 1.82) is 0 Å². The first-order chi connectivity index (χ1) is 11.2. The average molecular weight is 312 g/mol. The van der Waals surface area contributed by atoms with Crippen LogP contribution in [0.15, 0.2) is 55.0 Å². The van der Waals surface area contributed by atoms with Crippen molar-refractivity contribution in [1.82, 2.24) is 25.3 Å². The molecular formula is C15H13FN6O. The lowest BCUT2D eigenvalue weighted by Gasteiger charge is -2.06. The molecule has 3 rings (SSSR count). The number of hydrogen-bond donors (Lipinski definition) is 2. The first kappa shape index (κ1) is 14.6. The van der Waals surface area contributed by atoms with Crippen LogP contribution >= 0.6 is 0 Å². The summed E-state index contributed by atoms with van der Waals surface area (Å²) in [4.78, 5) is 15.7. The number of hydrogen-bond acceptors (Lipinski definition) is 4. The Bertz CT molecular complexity index is 804. The molecule has 0 aliphatic carbocycles. The molecule has 0 radical (unpaired) electrons. The van der Waals surface area contributed by atoms with Crippen LogP contribution in [0.4, 0.5) is 14.9 Å². The zero-order valence-electron chi connectivity index (χ0n) is 12.0. The molecule has 2 N–H and O–H groups in total. The van der Waals surface area contributed by atoms with Gasteiger partial charge in [-0.1, -0.05) is 17.3 Å². The van der Waals surface area contributed by atoms with Gasteiger partial charge in [0.1, 0.15) is 11.5 Å². The number of halogens is 1. The van der Waals surface area contributed by atoms with Gasteiger partial charge in [-0.3, -0.25) is 4.98 Å². The number of pyridine rings is 1. The summed E-state index contributed by atoms with van der Waals surface area (Å²) < 4.78 is 15.0. The molecule has 23 heavy (non-hydrogen) atoms. The van der Waals surface area contributed by atoms with Crippen molar-refractivity contribution in [3.8, 4) is 5.69 Å². The summed E-state index contributed by atoms with van der Waals surface area (Å²) in [6.07, 6.45) is 4.99. The predicted molar refractivity (Wildman–Crippen MR) is 81.4 cm³/mol. The van der Waals surface area contributed by atoms with Crippen LogP contribution < -0.4 is 10.6 Å². The van der Waals surface area contributed by atoms with Gasteiger partial charge in [-0.15, -0.1) is 5.10 Å². The normalized spacial score (nSPS) is 10.3. The fourth-order valence-corrected chi connectivity index (χ4v) is 1.90. The van der Waals surface area contributed by atoms with E-state index in [-0.39, 0.29) is 12.2 Å². The SMILES string of the molecule is O=C(NCc1cn(-c2ccncc2)nn1)Nc1ccccc1F. The van der Waals surface area contributed by atoms with Crippen molar-refractivity contribution in [2.24, 2.45) is 0 Å². The molecule has 0 aliphatic rings. The molecule has 0 atom stereocenters. The topological polar surface area (TPSA) is 84.7 Å². The molecule has 0 fully saturated rings. The third-order valence-corrected chi connectivity index (χ3v) is 3.02. The number of rotatable bonds is 4. The monoisotopic (exact) mass is 312 g/mol. The molecule has 2 heterocycles. The van der Waals surface area contributed by atoms with Gasteiger partial charge in [-0.25, -0.2) is 13.9 Å². The minimum Gasteiger partial charge on any atom is -0.332 e. The Kier molecular flexibility index (Phi) is 4.23. The standard InChI is InChI=1S/C15H13FN6O/c16-13-3-1-2-4-14(13)19-15(23)18-9-11-10-22(21-20-11)12-5-7-17-8-6-12/h1-8,10H,9H2,(H2,18,19,23). The summed E-state index contributed by atoms with van der Waals surface area (Å²) in [5, 5.41) is 13.0. The summed E-state index contributed by atoms with van der Waals surface area (Å²) >= 11 is 0. The second-order valence-corrected chi connectivity index (χ2v) is 4.65. The highest BCUT2D eigenvalue weighted by Crippen LogP contribution is 2.12. The number of carbonyl (C=O) groups is 1. The summed E-state index contributed by atoms with van der Waals surface area (Å²) in [7, 11) is 0. The fraction of sp³-hybridized carbons (Fsp3) is 0.0667. The molecule has 2 amide bonds. The molecule has 0 aliphatic heterocycles. The van der Waals surface area contributed by atoms with E-state index in [9.17, 15) is 9.18 Å². The Balaban J connectivity index is 1.58.